The van der Waals surface area contributed by atoms with E-state index in [2.05, 4.69) is 20.6 Å². The lowest BCUT2D eigenvalue weighted by molar-refractivity contribution is -0.120. The predicted octanol–water partition coefficient (Wildman–Crippen LogP) is 1.49. The molecule has 1 aliphatic heterocycles. The van der Waals surface area contributed by atoms with E-state index in [0.29, 0.717) is 23.6 Å². The monoisotopic (exact) mass is 406 g/mol. The molecule has 1 aliphatic carbocycles. The van der Waals surface area contributed by atoms with Gasteiger partial charge in [0.25, 0.3) is 11.8 Å². The average molecular weight is 406 g/mol. The quantitative estimate of drug-likeness (QED) is 0.686. The molecule has 3 heterocycles. The number of aryl methyl sites for hydroxylation is 1. The fourth-order valence-electron chi connectivity index (χ4n) is 4.17. The van der Waals surface area contributed by atoms with Crippen LogP contribution < -0.4 is 15.0 Å². The highest BCUT2D eigenvalue weighted by atomic mass is 16.5. The Balaban J connectivity index is 1.35. The first kappa shape index (κ1) is 18.4. The third kappa shape index (κ3) is 3.12. The highest BCUT2D eigenvalue weighted by Crippen LogP contribution is 2.31. The highest BCUT2D eigenvalue weighted by molar-refractivity contribution is 6.03. The molecule has 30 heavy (non-hydrogen) atoms. The highest BCUT2D eigenvalue weighted by Gasteiger charge is 2.33. The number of H-pyrrole nitrogens is 1. The van der Waals surface area contributed by atoms with Crippen LogP contribution in [0.4, 0.5) is 5.69 Å². The van der Waals surface area contributed by atoms with Gasteiger partial charge in [0.05, 0.1) is 11.7 Å². The number of nitrogens with one attached hydrogen (secondary N) is 2. The van der Waals surface area contributed by atoms with Gasteiger partial charge in [-0.25, -0.2) is 0 Å². The molecule has 2 aromatic heterocycles. The maximum atomic E-state index is 13.0. The topological polar surface area (TPSA) is 105 Å². The smallest absolute Gasteiger partial charge is 0.272 e. The van der Waals surface area contributed by atoms with E-state index in [1.807, 2.05) is 41.2 Å². The van der Waals surface area contributed by atoms with Crippen LogP contribution in [0.5, 0.6) is 5.75 Å². The summed E-state index contributed by atoms with van der Waals surface area (Å²) in [5.74, 6) is 0.00588. The summed E-state index contributed by atoms with van der Waals surface area (Å²) in [6.07, 6.45) is 6.07. The van der Waals surface area contributed by atoms with Crippen LogP contribution in [0.15, 0.2) is 42.7 Å². The van der Waals surface area contributed by atoms with E-state index >= 15 is 0 Å². The fraction of sp³-hybridized carbons (Fsp3) is 0.333. The number of benzene rings is 1. The van der Waals surface area contributed by atoms with Crippen LogP contribution in [0.1, 0.15) is 34.2 Å². The second kappa shape index (κ2) is 7.33. The van der Waals surface area contributed by atoms with Gasteiger partial charge in [0.1, 0.15) is 18.4 Å². The number of fused-ring (bicyclic) bond motifs is 2. The number of likely N-dealkylation sites (N-methyl/N-ethyl adjacent to an activating group) is 1. The van der Waals surface area contributed by atoms with E-state index < -0.39 is 6.04 Å². The third-order valence-electron chi connectivity index (χ3n) is 5.80. The van der Waals surface area contributed by atoms with E-state index in [1.165, 1.54) is 4.90 Å². The maximum absolute atomic E-state index is 13.0. The minimum Gasteiger partial charge on any atom is -0.489 e. The lowest BCUT2D eigenvalue weighted by Crippen LogP contribution is -2.49. The Labute approximate surface area is 173 Å². The van der Waals surface area contributed by atoms with Gasteiger partial charge in [0, 0.05) is 30.7 Å². The van der Waals surface area contributed by atoms with Crippen molar-refractivity contribution >= 4 is 17.5 Å². The molecule has 0 fully saturated rings. The van der Waals surface area contributed by atoms with Crippen molar-refractivity contribution < 1.29 is 14.3 Å². The van der Waals surface area contributed by atoms with E-state index in [0.717, 1.165) is 24.1 Å². The van der Waals surface area contributed by atoms with Gasteiger partial charge < -0.3 is 15.0 Å². The number of anilines is 1. The van der Waals surface area contributed by atoms with Gasteiger partial charge in [0.15, 0.2) is 5.69 Å². The van der Waals surface area contributed by atoms with E-state index in [9.17, 15) is 9.59 Å². The zero-order chi connectivity index (χ0) is 20.7. The first-order valence-electron chi connectivity index (χ1n) is 9.97. The summed E-state index contributed by atoms with van der Waals surface area (Å²) in [4.78, 5) is 27.4. The number of hydrogen-bond acceptors (Lipinski definition) is 5. The first-order valence-corrected chi connectivity index (χ1v) is 9.97. The molecule has 2 aliphatic rings. The van der Waals surface area contributed by atoms with E-state index in [1.54, 1.807) is 13.2 Å². The molecule has 1 unspecified atom stereocenters. The SMILES string of the molecule is CN1C(=O)[C@@H](NC(=O)c2n[nH]c3c2CC(n2cccn2)CC3)COc2ccccc21. The molecule has 0 spiro atoms. The van der Waals surface area contributed by atoms with Crippen molar-refractivity contribution in [2.24, 2.45) is 0 Å². The molecule has 9 heteroatoms. The van der Waals surface area contributed by atoms with Crippen molar-refractivity contribution in [3.63, 3.8) is 0 Å². The summed E-state index contributed by atoms with van der Waals surface area (Å²) in [6.45, 7) is 0.0639. The van der Waals surface area contributed by atoms with Gasteiger partial charge >= 0.3 is 0 Å². The number of amides is 2. The molecule has 154 valence electrons. The van der Waals surface area contributed by atoms with Crippen LogP contribution in [-0.4, -0.2) is 51.5 Å². The van der Waals surface area contributed by atoms with Crippen LogP contribution in [0.2, 0.25) is 0 Å². The van der Waals surface area contributed by atoms with Gasteiger partial charge in [-0.15, -0.1) is 0 Å². The van der Waals surface area contributed by atoms with Crippen molar-refractivity contribution in [2.45, 2.75) is 31.3 Å². The first-order chi connectivity index (χ1) is 14.6. The Morgan fingerprint density at radius 2 is 2.17 bits per heavy atom. The van der Waals surface area contributed by atoms with Crippen molar-refractivity contribution in [1.29, 1.82) is 0 Å². The van der Waals surface area contributed by atoms with Crippen LogP contribution in [-0.2, 0) is 17.6 Å². The number of nitrogens with zero attached hydrogens (tertiary/aromatic N) is 4. The van der Waals surface area contributed by atoms with E-state index in [4.69, 9.17) is 4.74 Å². The van der Waals surface area contributed by atoms with Gasteiger partial charge in [0.2, 0.25) is 0 Å². The number of carbonyl (C=O) groups is 2. The van der Waals surface area contributed by atoms with Crippen LogP contribution >= 0.6 is 0 Å². The van der Waals surface area contributed by atoms with Gasteiger partial charge in [-0.3, -0.25) is 19.4 Å². The number of aromatic nitrogens is 4. The maximum Gasteiger partial charge on any atom is 0.272 e. The normalized spacial score (nSPS) is 20.7. The standard InChI is InChI=1S/C21H22N6O3/c1-26-17-5-2-3-6-18(17)30-12-16(21(26)29)23-20(28)19-14-11-13(27-10-4-9-22-27)7-8-15(14)24-25-19/h2-6,9-10,13,16H,7-8,11-12H2,1H3,(H,23,28)(H,24,25)/t13?,16-/m0/s1. The average Bonchev–Trinajstić information content (AvgIpc) is 3.43. The fourth-order valence-corrected chi connectivity index (χ4v) is 4.17. The van der Waals surface area contributed by atoms with Crippen LogP contribution in [0.25, 0.3) is 0 Å². The van der Waals surface area contributed by atoms with Crippen LogP contribution in [0, 0.1) is 0 Å². The Bertz CT molecular complexity index is 1090. The Hall–Kier alpha value is -3.62. The molecule has 0 saturated carbocycles. The zero-order valence-corrected chi connectivity index (χ0v) is 16.5. The number of rotatable bonds is 3. The van der Waals surface area contributed by atoms with Crippen molar-refractivity contribution in [3.05, 3.63) is 59.7 Å². The summed E-state index contributed by atoms with van der Waals surface area (Å²) in [5, 5.41) is 14.4. The second-order valence-electron chi connectivity index (χ2n) is 7.61. The summed E-state index contributed by atoms with van der Waals surface area (Å²) >= 11 is 0. The van der Waals surface area contributed by atoms with Gasteiger partial charge in [-0.05, 0) is 37.5 Å². The van der Waals surface area contributed by atoms with Gasteiger partial charge in [-0.2, -0.15) is 10.2 Å². The minimum absolute atomic E-state index is 0.0639. The molecular weight excluding hydrogens is 384 g/mol. The molecule has 1 aromatic carbocycles. The molecule has 9 nitrogen and oxygen atoms in total. The molecule has 2 amide bonds. The number of hydrogen-bond donors (Lipinski definition) is 2. The van der Waals surface area contributed by atoms with Crippen molar-refractivity contribution in [2.75, 3.05) is 18.6 Å². The van der Waals surface area contributed by atoms with Crippen LogP contribution in [0.3, 0.4) is 0 Å². The Kier molecular flexibility index (Phi) is 4.50. The molecule has 0 bridgehead atoms. The summed E-state index contributed by atoms with van der Waals surface area (Å²) in [6, 6.07) is 8.59. The predicted molar refractivity (Wildman–Crippen MR) is 108 cm³/mol. The third-order valence-corrected chi connectivity index (χ3v) is 5.80. The molecule has 0 radical (unpaired) electrons. The Morgan fingerprint density at radius 1 is 1.30 bits per heavy atom. The molecule has 5 rings (SSSR count). The number of ether oxygens (including phenoxy) is 1. The molecule has 2 N–H and O–H groups in total. The largest absolute Gasteiger partial charge is 0.489 e. The lowest BCUT2D eigenvalue weighted by atomic mass is 9.91. The number of aromatic amines is 1. The molecule has 2 atom stereocenters. The van der Waals surface area contributed by atoms with Crippen molar-refractivity contribution in [1.82, 2.24) is 25.3 Å². The second-order valence-corrected chi connectivity index (χ2v) is 7.61. The summed E-state index contributed by atoms with van der Waals surface area (Å²) in [5.41, 5.74) is 2.87. The number of carbonyl (C=O) groups excluding carboxylic acids is 2. The zero-order valence-electron chi connectivity index (χ0n) is 16.5. The molecule has 0 saturated heterocycles. The van der Waals surface area contributed by atoms with E-state index in [-0.39, 0.29) is 24.5 Å². The summed E-state index contributed by atoms with van der Waals surface area (Å²) < 4.78 is 7.70. The van der Waals surface area contributed by atoms with Gasteiger partial charge in [-0.1, -0.05) is 12.1 Å². The summed E-state index contributed by atoms with van der Waals surface area (Å²) in [7, 11) is 1.68. The van der Waals surface area contributed by atoms with Crippen molar-refractivity contribution in [3.8, 4) is 5.75 Å². The lowest BCUT2D eigenvalue weighted by Gasteiger charge is -2.23. The Morgan fingerprint density at radius 3 is 3.00 bits per heavy atom. The number of para-hydroxylation sites is 2. The molecular formula is C21H22N6O3. The molecule has 3 aromatic rings. The minimum atomic E-state index is -0.798.